The van der Waals surface area contributed by atoms with Gasteiger partial charge in [0.05, 0.1) is 12.1 Å². The smallest absolute Gasteiger partial charge is 0.230 e. The van der Waals surface area contributed by atoms with E-state index in [-0.39, 0.29) is 17.4 Å². The summed E-state index contributed by atoms with van der Waals surface area (Å²) in [6.45, 7) is 5.80. The molecule has 0 unspecified atom stereocenters. The molecule has 1 aromatic heterocycles. The van der Waals surface area contributed by atoms with E-state index < -0.39 is 4.33 Å². The van der Waals surface area contributed by atoms with Crippen LogP contribution in [0, 0.1) is 5.92 Å². The Morgan fingerprint density at radius 1 is 1.53 bits per heavy atom. The van der Waals surface area contributed by atoms with Crippen LogP contribution in [0.25, 0.3) is 0 Å². The minimum absolute atomic E-state index is 0.211. The minimum atomic E-state index is -0.933. The number of pyridine rings is 1. The first-order valence-electron chi connectivity index (χ1n) is 6.01. The van der Waals surface area contributed by atoms with E-state index in [0.717, 1.165) is 0 Å². The Labute approximate surface area is 122 Å². The summed E-state index contributed by atoms with van der Waals surface area (Å²) in [5.41, 5.74) is 0.168. The van der Waals surface area contributed by atoms with Crippen molar-refractivity contribution in [3.8, 4) is 5.75 Å². The number of anilines is 1. The number of hydrogen-bond acceptors (Lipinski definition) is 3. The molecule has 0 radical (unpaired) electrons. The van der Waals surface area contributed by atoms with E-state index >= 15 is 0 Å². The number of aromatic nitrogens is 1. The Bertz CT molecular complexity index is 498. The molecule has 2 rings (SSSR count). The maximum absolute atomic E-state index is 11.9. The molecule has 4 nitrogen and oxygen atoms in total. The van der Waals surface area contributed by atoms with Gasteiger partial charge in [-0.25, -0.2) is 0 Å². The van der Waals surface area contributed by atoms with E-state index in [1.807, 2.05) is 20.8 Å². The lowest BCUT2D eigenvalue weighted by molar-refractivity contribution is -0.117. The molecule has 1 saturated carbocycles. The van der Waals surface area contributed by atoms with E-state index in [1.165, 1.54) is 0 Å². The summed E-state index contributed by atoms with van der Waals surface area (Å²) in [5.74, 6) is -0.0125. The number of amides is 1. The molecule has 1 N–H and O–H groups in total. The van der Waals surface area contributed by atoms with E-state index in [1.54, 1.807) is 18.5 Å². The zero-order valence-electron chi connectivity index (χ0n) is 11.0. The van der Waals surface area contributed by atoms with E-state index in [0.29, 0.717) is 17.9 Å². The van der Waals surface area contributed by atoms with Crippen LogP contribution >= 0.6 is 23.2 Å². The van der Waals surface area contributed by atoms with Gasteiger partial charge >= 0.3 is 0 Å². The zero-order chi connectivity index (χ0) is 14.3. The molecule has 0 aromatic carbocycles. The summed E-state index contributed by atoms with van der Waals surface area (Å²) < 4.78 is 4.83. The lowest BCUT2D eigenvalue weighted by atomic mass is 10.2. The van der Waals surface area contributed by atoms with E-state index in [4.69, 9.17) is 27.9 Å². The van der Waals surface area contributed by atoms with E-state index in [2.05, 4.69) is 10.3 Å². The van der Waals surface area contributed by atoms with Gasteiger partial charge in [0.2, 0.25) is 5.91 Å². The van der Waals surface area contributed by atoms with Gasteiger partial charge < -0.3 is 10.1 Å². The summed E-state index contributed by atoms with van der Waals surface area (Å²) >= 11 is 11.7. The molecule has 0 spiro atoms. The molecule has 0 aliphatic heterocycles. The fourth-order valence-corrected chi connectivity index (χ4v) is 2.12. The topological polar surface area (TPSA) is 51.2 Å². The van der Waals surface area contributed by atoms with Crippen molar-refractivity contribution in [3.05, 3.63) is 18.5 Å². The summed E-state index contributed by atoms with van der Waals surface area (Å²) in [7, 11) is 0. The number of alkyl halides is 2. The molecule has 0 bridgehead atoms. The number of rotatable bonds is 3. The predicted octanol–water partition coefficient (Wildman–Crippen LogP) is 3.39. The van der Waals surface area contributed by atoms with Crippen LogP contribution in [0.4, 0.5) is 5.69 Å². The Balaban J connectivity index is 2.10. The fraction of sp³-hybridized carbons (Fsp3) is 0.538. The van der Waals surface area contributed by atoms with Crippen molar-refractivity contribution in [2.75, 3.05) is 5.32 Å². The molecule has 1 aliphatic rings. The molecule has 1 fully saturated rings. The van der Waals surface area contributed by atoms with Gasteiger partial charge in [-0.15, -0.1) is 23.2 Å². The molecule has 0 saturated heterocycles. The molecule has 19 heavy (non-hydrogen) atoms. The first kappa shape index (κ1) is 14.4. The quantitative estimate of drug-likeness (QED) is 0.871. The van der Waals surface area contributed by atoms with Gasteiger partial charge in [-0.1, -0.05) is 0 Å². The summed E-state index contributed by atoms with van der Waals surface area (Å²) in [6.07, 6.45) is 3.63. The normalized spacial score (nSPS) is 20.8. The number of nitrogens with zero attached hydrogens (tertiary/aromatic N) is 1. The number of hydrogen-bond donors (Lipinski definition) is 1. The maximum atomic E-state index is 11.9. The van der Waals surface area contributed by atoms with Crippen LogP contribution in [-0.2, 0) is 4.79 Å². The number of nitrogens with one attached hydrogen (secondary N) is 1. The summed E-state index contributed by atoms with van der Waals surface area (Å²) in [4.78, 5) is 15.9. The van der Waals surface area contributed by atoms with Crippen LogP contribution in [-0.4, -0.2) is 20.8 Å². The molecule has 1 amide bonds. The van der Waals surface area contributed by atoms with Crippen LogP contribution in [0.2, 0.25) is 0 Å². The molecule has 104 valence electrons. The van der Waals surface area contributed by atoms with Crippen molar-refractivity contribution >= 4 is 34.8 Å². The maximum Gasteiger partial charge on any atom is 0.230 e. The van der Waals surface area contributed by atoms with Crippen LogP contribution in [0.1, 0.15) is 27.2 Å². The molecule has 6 heteroatoms. The summed E-state index contributed by atoms with van der Waals surface area (Å²) in [5, 5.41) is 2.76. The predicted molar refractivity (Wildman–Crippen MR) is 75.8 cm³/mol. The lowest BCUT2D eigenvalue weighted by Crippen LogP contribution is -2.24. The fourth-order valence-electron chi connectivity index (χ4n) is 1.61. The molecular weight excluding hydrogens is 287 g/mol. The molecule has 1 atom stereocenters. The van der Waals surface area contributed by atoms with Gasteiger partial charge in [0, 0.05) is 12.3 Å². The average Bonchev–Trinajstić information content (AvgIpc) is 2.89. The first-order chi connectivity index (χ1) is 8.69. The second-order valence-corrected chi connectivity index (χ2v) is 7.14. The van der Waals surface area contributed by atoms with Gasteiger partial charge in [0.25, 0.3) is 0 Å². The van der Waals surface area contributed by atoms with Crippen molar-refractivity contribution in [1.82, 2.24) is 4.98 Å². The lowest BCUT2D eigenvalue weighted by Gasteiger charge is -2.23. The number of carbonyl (C=O) groups is 1. The average molecular weight is 303 g/mol. The van der Waals surface area contributed by atoms with Crippen molar-refractivity contribution in [2.24, 2.45) is 5.92 Å². The number of carbonyl (C=O) groups excluding carboxylic acids is 1. The SMILES string of the molecule is CC(C)(C)Oc1ccncc1NC(=O)[C@H]1CC1(Cl)Cl. The highest BCUT2D eigenvalue weighted by molar-refractivity contribution is 6.52. The van der Waals surface area contributed by atoms with Gasteiger partial charge in [-0.05, 0) is 27.2 Å². The molecule has 1 aromatic rings. The van der Waals surface area contributed by atoms with Gasteiger partial charge in [0.15, 0.2) is 0 Å². The second-order valence-electron chi connectivity index (χ2n) is 5.59. The van der Waals surface area contributed by atoms with Crippen molar-refractivity contribution in [1.29, 1.82) is 0 Å². The van der Waals surface area contributed by atoms with Crippen molar-refractivity contribution < 1.29 is 9.53 Å². The van der Waals surface area contributed by atoms with Gasteiger partial charge in [0.1, 0.15) is 21.4 Å². The van der Waals surface area contributed by atoms with Crippen LogP contribution < -0.4 is 10.1 Å². The molecule has 1 heterocycles. The van der Waals surface area contributed by atoms with Crippen LogP contribution in [0.3, 0.4) is 0 Å². The third-order valence-electron chi connectivity index (χ3n) is 2.60. The monoisotopic (exact) mass is 302 g/mol. The third-order valence-corrected chi connectivity index (χ3v) is 3.43. The highest BCUT2D eigenvalue weighted by Crippen LogP contribution is 2.53. The number of halogens is 2. The zero-order valence-corrected chi connectivity index (χ0v) is 12.5. The Hall–Kier alpha value is -1.000. The van der Waals surface area contributed by atoms with Crippen LogP contribution in [0.15, 0.2) is 18.5 Å². The Kier molecular flexibility index (Phi) is 3.67. The highest BCUT2D eigenvalue weighted by Gasteiger charge is 2.56. The molecular formula is C13H16Cl2N2O2. The summed E-state index contributed by atoms with van der Waals surface area (Å²) in [6, 6.07) is 1.71. The van der Waals surface area contributed by atoms with Crippen molar-refractivity contribution in [3.63, 3.8) is 0 Å². The largest absolute Gasteiger partial charge is 0.486 e. The highest BCUT2D eigenvalue weighted by atomic mass is 35.5. The van der Waals surface area contributed by atoms with Crippen LogP contribution in [0.5, 0.6) is 5.75 Å². The molecule has 1 aliphatic carbocycles. The van der Waals surface area contributed by atoms with Gasteiger partial charge in [-0.2, -0.15) is 0 Å². The van der Waals surface area contributed by atoms with E-state index in [9.17, 15) is 4.79 Å². The minimum Gasteiger partial charge on any atom is -0.486 e. The number of ether oxygens (including phenoxy) is 1. The van der Waals surface area contributed by atoms with Crippen molar-refractivity contribution in [2.45, 2.75) is 37.1 Å². The standard InChI is InChI=1S/C13H16Cl2N2O2/c1-12(2,3)19-10-4-5-16-7-9(10)17-11(18)8-6-13(8,14)15/h4-5,7-8H,6H2,1-3H3,(H,17,18)/t8-/m1/s1. The Morgan fingerprint density at radius 3 is 2.68 bits per heavy atom. The second kappa shape index (κ2) is 4.84. The first-order valence-corrected chi connectivity index (χ1v) is 6.76. The third kappa shape index (κ3) is 3.74. The van der Waals surface area contributed by atoms with Gasteiger partial charge in [-0.3, -0.25) is 9.78 Å². The Morgan fingerprint density at radius 2 is 2.16 bits per heavy atom.